The van der Waals surface area contributed by atoms with E-state index in [1.54, 1.807) is 4.57 Å². The Morgan fingerprint density at radius 1 is 1.00 bits per heavy atom. The molecule has 4 rings (SSSR count). The number of carbonyl (C=O) groups excluding carboxylic acids is 1. The van der Waals surface area contributed by atoms with Gasteiger partial charge in [0.25, 0.3) is 5.56 Å². The number of carbonyl (C=O) groups is 1. The fourth-order valence-corrected chi connectivity index (χ4v) is 4.65. The van der Waals surface area contributed by atoms with Crippen LogP contribution in [0.2, 0.25) is 0 Å². The van der Waals surface area contributed by atoms with Crippen LogP contribution in [-0.4, -0.2) is 40.1 Å². The first-order valence-corrected chi connectivity index (χ1v) is 12.2. The SMILES string of the molecule is O=C(CCCCCn1c(=S)[nH]c2ccccc2c1=O)N1CCC(COc2ccccc2)CC1. The van der Waals surface area contributed by atoms with Crippen molar-refractivity contribution in [3.05, 3.63) is 69.7 Å². The second kappa shape index (κ2) is 11.3. The molecule has 0 saturated carbocycles. The van der Waals surface area contributed by atoms with E-state index in [9.17, 15) is 9.59 Å². The van der Waals surface area contributed by atoms with Crippen LogP contribution in [0.4, 0.5) is 0 Å². The number of piperidine rings is 1. The smallest absolute Gasteiger partial charge is 0.262 e. The summed E-state index contributed by atoms with van der Waals surface area (Å²) in [6, 6.07) is 17.3. The standard InChI is InChI=1S/C26H31N3O3S/c30-24(28-17-14-20(15-18-28)19-32-21-9-3-1-4-10-21)13-5-2-8-16-29-25(31)22-11-6-7-12-23(22)27-26(29)33/h1,3-4,6-7,9-12,20H,2,5,8,13-19H2,(H,27,33). The quantitative estimate of drug-likeness (QED) is 0.359. The molecule has 2 heterocycles. The summed E-state index contributed by atoms with van der Waals surface area (Å²) in [5.74, 6) is 1.64. The highest BCUT2D eigenvalue weighted by atomic mass is 32.1. The zero-order valence-corrected chi connectivity index (χ0v) is 19.7. The van der Waals surface area contributed by atoms with Crippen molar-refractivity contribution in [3.8, 4) is 5.75 Å². The number of likely N-dealkylation sites (tertiary alicyclic amines) is 1. The number of fused-ring (bicyclic) bond motifs is 1. The fourth-order valence-electron chi connectivity index (χ4n) is 4.36. The molecule has 0 aliphatic carbocycles. The Bertz CT molecular complexity index is 1180. The van der Waals surface area contributed by atoms with Crippen molar-refractivity contribution in [2.24, 2.45) is 5.92 Å². The molecule has 1 aromatic heterocycles. The number of aromatic amines is 1. The summed E-state index contributed by atoms with van der Waals surface area (Å²) < 4.78 is 7.95. The van der Waals surface area contributed by atoms with E-state index in [-0.39, 0.29) is 11.5 Å². The number of nitrogens with zero attached hydrogens (tertiary/aromatic N) is 2. The second-order valence-corrected chi connectivity index (χ2v) is 9.08. The van der Waals surface area contributed by atoms with Crippen molar-refractivity contribution in [2.45, 2.75) is 45.1 Å². The lowest BCUT2D eigenvalue weighted by Gasteiger charge is -2.32. The lowest BCUT2D eigenvalue weighted by molar-refractivity contribution is -0.132. The van der Waals surface area contributed by atoms with Gasteiger partial charge in [0, 0.05) is 26.1 Å². The van der Waals surface area contributed by atoms with Crippen molar-refractivity contribution in [2.75, 3.05) is 19.7 Å². The highest BCUT2D eigenvalue weighted by Gasteiger charge is 2.22. The lowest BCUT2D eigenvalue weighted by Crippen LogP contribution is -2.39. The number of amides is 1. The number of aromatic nitrogens is 2. The van der Waals surface area contributed by atoms with Crippen LogP contribution in [0.5, 0.6) is 5.75 Å². The number of hydrogen-bond acceptors (Lipinski definition) is 4. The number of nitrogens with one attached hydrogen (secondary N) is 1. The Kier molecular flexibility index (Phi) is 7.94. The summed E-state index contributed by atoms with van der Waals surface area (Å²) in [7, 11) is 0. The monoisotopic (exact) mass is 465 g/mol. The van der Waals surface area contributed by atoms with E-state index < -0.39 is 0 Å². The van der Waals surface area contributed by atoms with Crippen LogP contribution in [0, 0.1) is 10.7 Å². The van der Waals surface area contributed by atoms with Gasteiger partial charge >= 0.3 is 0 Å². The van der Waals surface area contributed by atoms with E-state index in [0.29, 0.717) is 35.6 Å². The van der Waals surface area contributed by atoms with Gasteiger partial charge in [0.2, 0.25) is 5.91 Å². The average molecular weight is 466 g/mol. The predicted molar refractivity (Wildman–Crippen MR) is 133 cm³/mol. The van der Waals surface area contributed by atoms with E-state index in [4.69, 9.17) is 17.0 Å². The van der Waals surface area contributed by atoms with Crippen LogP contribution < -0.4 is 10.3 Å². The number of hydrogen-bond donors (Lipinski definition) is 1. The number of benzene rings is 2. The van der Waals surface area contributed by atoms with Gasteiger partial charge in [0.15, 0.2) is 4.77 Å². The molecule has 33 heavy (non-hydrogen) atoms. The summed E-state index contributed by atoms with van der Waals surface area (Å²) in [5, 5.41) is 0.652. The van der Waals surface area contributed by atoms with Crippen molar-refractivity contribution >= 4 is 29.0 Å². The zero-order chi connectivity index (χ0) is 23.0. The van der Waals surface area contributed by atoms with Gasteiger partial charge < -0.3 is 14.6 Å². The van der Waals surface area contributed by atoms with Crippen LogP contribution in [0.25, 0.3) is 10.9 Å². The van der Waals surface area contributed by atoms with Gasteiger partial charge in [0.1, 0.15) is 5.75 Å². The van der Waals surface area contributed by atoms with E-state index in [2.05, 4.69) is 4.98 Å². The van der Waals surface area contributed by atoms with Gasteiger partial charge in [-0.2, -0.15) is 0 Å². The van der Waals surface area contributed by atoms with Crippen LogP contribution >= 0.6 is 12.2 Å². The van der Waals surface area contributed by atoms with Crippen molar-refractivity contribution in [3.63, 3.8) is 0 Å². The van der Waals surface area contributed by atoms with Crippen molar-refractivity contribution < 1.29 is 9.53 Å². The first kappa shape index (κ1) is 23.2. The molecule has 174 valence electrons. The number of H-pyrrole nitrogens is 1. The molecule has 7 heteroatoms. The fraction of sp³-hybridized carbons (Fsp3) is 0.423. The van der Waals surface area contributed by atoms with Gasteiger partial charge in [-0.25, -0.2) is 0 Å². The normalized spacial score (nSPS) is 14.5. The molecule has 3 aromatic rings. The summed E-state index contributed by atoms with van der Waals surface area (Å²) in [5.41, 5.74) is 0.717. The largest absolute Gasteiger partial charge is 0.493 e. The molecule has 1 aliphatic heterocycles. The average Bonchev–Trinajstić information content (AvgIpc) is 2.85. The van der Waals surface area contributed by atoms with Gasteiger partial charge in [0.05, 0.1) is 17.5 Å². The number of rotatable bonds is 9. The second-order valence-electron chi connectivity index (χ2n) is 8.69. The minimum absolute atomic E-state index is 0.0514. The van der Waals surface area contributed by atoms with Gasteiger partial charge in [-0.05, 0) is 68.1 Å². The maximum absolute atomic E-state index is 12.7. The highest BCUT2D eigenvalue weighted by molar-refractivity contribution is 7.71. The highest BCUT2D eigenvalue weighted by Crippen LogP contribution is 2.20. The van der Waals surface area contributed by atoms with E-state index in [1.165, 1.54) is 0 Å². The molecule has 0 radical (unpaired) electrons. The molecule has 1 fully saturated rings. The molecule has 1 amide bonds. The number of para-hydroxylation sites is 2. The van der Waals surface area contributed by atoms with Gasteiger partial charge in [-0.1, -0.05) is 36.8 Å². The molecular weight excluding hydrogens is 434 g/mol. The molecule has 0 bridgehead atoms. The van der Waals surface area contributed by atoms with Gasteiger partial charge in [-0.3, -0.25) is 14.2 Å². The third kappa shape index (κ3) is 6.11. The topological polar surface area (TPSA) is 67.3 Å². The Balaban J connectivity index is 1.15. The molecular formula is C26H31N3O3S. The van der Waals surface area contributed by atoms with Crippen LogP contribution in [0.15, 0.2) is 59.4 Å². The van der Waals surface area contributed by atoms with Crippen LogP contribution in [0.3, 0.4) is 0 Å². The Hall–Kier alpha value is -2.93. The summed E-state index contributed by atoms with van der Waals surface area (Å²) in [6.45, 7) is 2.90. The molecule has 1 saturated heterocycles. The molecule has 0 spiro atoms. The minimum atomic E-state index is -0.0514. The first-order valence-electron chi connectivity index (χ1n) is 11.8. The third-order valence-electron chi connectivity index (χ3n) is 6.36. The maximum atomic E-state index is 12.7. The zero-order valence-electron chi connectivity index (χ0n) is 18.9. The Labute approximate surface area is 199 Å². The predicted octanol–water partition coefficient (Wildman–Crippen LogP) is 4.94. The summed E-state index contributed by atoms with van der Waals surface area (Å²) >= 11 is 5.37. The van der Waals surface area contributed by atoms with Crippen molar-refractivity contribution in [1.82, 2.24) is 14.5 Å². The van der Waals surface area contributed by atoms with Crippen LogP contribution in [0.1, 0.15) is 38.5 Å². The van der Waals surface area contributed by atoms with Gasteiger partial charge in [-0.15, -0.1) is 0 Å². The third-order valence-corrected chi connectivity index (χ3v) is 6.68. The van der Waals surface area contributed by atoms with E-state index in [0.717, 1.165) is 56.5 Å². The number of unbranched alkanes of at least 4 members (excludes halogenated alkanes) is 2. The molecule has 0 atom stereocenters. The molecule has 0 unspecified atom stereocenters. The first-order chi connectivity index (χ1) is 16.1. The Morgan fingerprint density at radius 2 is 1.73 bits per heavy atom. The minimum Gasteiger partial charge on any atom is -0.493 e. The molecule has 6 nitrogen and oxygen atoms in total. The molecule has 1 N–H and O–H groups in total. The summed E-state index contributed by atoms with van der Waals surface area (Å²) in [6.07, 6.45) is 5.07. The summed E-state index contributed by atoms with van der Waals surface area (Å²) in [4.78, 5) is 30.4. The van der Waals surface area contributed by atoms with E-state index >= 15 is 0 Å². The number of ether oxygens (including phenoxy) is 1. The lowest BCUT2D eigenvalue weighted by atomic mass is 9.97. The molecule has 2 aromatic carbocycles. The Morgan fingerprint density at radius 3 is 2.52 bits per heavy atom. The van der Waals surface area contributed by atoms with E-state index in [1.807, 2.05) is 59.5 Å². The molecule has 1 aliphatic rings. The van der Waals surface area contributed by atoms with Crippen LogP contribution in [-0.2, 0) is 11.3 Å². The van der Waals surface area contributed by atoms with Crippen molar-refractivity contribution in [1.29, 1.82) is 0 Å². The maximum Gasteiger partial charge on any atom is 0.262 e.